The van der Waals surface area contributed by atoms with E-state index in [4.69, 9.17) is 9.47 Å². The largest absolute Gasteiger partial charge is 0.462 e. The molecule has 0 aromatic carbocycles. The number of sulfone groups is 1. The Kier molecular flexibility index (Phi) is 5.17. The molecule has 6 nitrogen and oxygen atoms in total. The zero-order valence-corrected chi connectivity index (χ0v) is 10.1. The predicted molar refractivity (Wildman–Crippen MR) is 57.9 cm³/mol. The number of nitrogens with one attached hydrogen (secondary N) is 1. The lowest BCUT2D eigenvalue weighted by Crippen LogP contribution is -2.35. The van der Waals surface area contributed by atoms with Gasteiger partial charge in [-0.3, -0.25) is 4.79 Å². The summed E-state index contributed by atoms with van der Waals surface area (Å²) in [5.41, 5.74) is 0. The van der Waals surface area contributed by atoms with Gasteiger partial charge >= 0.3 is 5.97 Å². The normalized spacial score (nSPS) is 23.2. The molecule has 1 aliphatic heterocycles. The van der Waals surface area contributed by atoms with Crippen molar-refractivity contribution in [1.29, 1.82) is 0 Å². The van der Waals surface area contributed by atoms with Crippen LogP contribution in [0.25, 0.3) is 0 Å². The molecule has 1 N–H and O–H groups in total. The lowest BCUT2D eigenvalue weighted by Gasteiger charge is -2.09. The van der Waals surface area contributed by atoms with Crippen molar-refractivity contribution in [2.75, 3.05) is 38.4 Å². The number of carbonyl (C=O) groups excluding carboxylic acids is 1. The second-order valence-corrected chi connectivity index (χ2v) is 5.92. The molecule has 1 fully saturated rings. The number of rotatable bonds is 6. The molecule has 0 aliphatic carbocycles. The summed E-state index contributed by atoms with van der Waals surface area (Å²) >= 11 is 0. The molecule has 94 valence electrons. The Morgan fingerprint density at radius 2 is 2.19 bits per heavy atom. The summed E-state index contributed by atoms with van der Waals surface area (Å²) in [6.45, 7) is 0.632. The van der Waals surface area contributed by atoms with Crippen LogP contribution >= 0.6 is 0 Å². The van der Waals surface area contributed by atoms with Crippen LogP contribution in [0.2, 0.25) is 0 Å². The third-order valence-corrected chi connectivity index (χ3v) is 4.09. The molecule has 1 rings (SSSR count). The molecule has 1 heterocycles. The minimum Gasteiger partial charge on any atom is -0.462 e. The highest BCUT2D eigenvalue weighted by Gasteiger charge is 2.27. The van der Waals surface area contributed by atoms with Crippen molar-refractivity contribution < 1.29 is 22.7 Å². The van der Waals surface area contributed by atoms with Crippen LogP contribution in [0.5, 0.6) is 0 Å². The second-order valence-electron chi connectivity index (χ2n) is 3.69. The lowest BCUT2D eigenvalue weighted by molar-refractivity contribution is -0.143. The van der Waals surface area contributed by atoms with E-state index in [1.165, 1.54) is 7.11 Å². The van der Waals surface area contributed by atoms with Crippen LogP contribution in [0.4, 0.5) is 0 Å². The van der Waals surface area contributed by atoms with Gasteiger partial charge in [0.05, 0.1) is 24.7 Å². The first kappa shape index (κ1) is 13.4. The molecule has 0 aromatic rings. The van der Waals surface area contributed by atoms with Crippen molar-refractivity contribution >= 4 is 15.8 Å². The van der Waals surface area contributed by atoms with Gasteiger partial charge in [0.2, 0.25) is 0 Å². The molecule has 0 spiro atoms. The van der Waals surface area contributed by atoms with Crippen molar-refractivity contribution in [3.63, 3.8) is 0 Å². The van der Waals surface area contributed by atoms with Gasteiger partial charge in [-0.15, -0.1) is 0 Å². The minimum absolute atomic E-state index is 0.0455. The first-order valence-electron chi connectivity index (χ1n) is 5.12. The summed E-state index contributed by atoms with van der Waals surface area (Å²) in [5.74, 6) is -0.0804. The number of methoxy groups -OCH3 is 1. The molecule has 1 saturated heterocycles. The minimum atomic E-state index is -2.90. The van der Waals surface area contributed by atoms with Crippen LogP contribution in [-0.2, 0) is 24.1 Å². The smallest absolute Gasteiger partial charge is 0.320 e. The van der Waals surface area contributed by atoms with E-state index >= 15 is 0 Å². The molecule has 1 unspecified atom stereocenters. The number of ether oxygens (including phenoxy) is 2. The van der Waals surface area contributed by atoms with Crippen molar-refractivity contribution in [2.24, 2.45) is 0 Å². The standard InChI is InChI=1S/C9H17NO5S/c1-14-3-4-15-9(11)6-10-8-2-5-16(12,13)7-8/h8,10H,2-7H2,1H3. The van der Waals surface area contributed by atoms with Crippen LogP contribution in [0.3, 0.4) is 0 Å². The van der Waals surface area contributed by atoms with Gasteiger partial charge < -0.3 is 14.8 Å². The van der Waals surface area contributed by atoms with E-state index in [9.17, 15) is 13.2 Å². The molecule has 0 amide bonds. The van der Waals surface area contributed by atoms with E-state index < -0.39 is 9.84 Å². The fourth-order valence-corrected chi connectivity index (χ4v) is 3.18. The maximum Gasteiger partial charge on any atom is 0.320 e. The van der Waals surface area contributed by atoms with Crippen molar-refractivity contribution in [3.05, 3.63) is 0 Å². The zero-order chi connectivity index (χ0) is 12.0. The molecule has 0 radical (unpaired) electrons. The van der Waals surface area contributed by atoms with Gasteiger partial charge in [-0.1, -0.05) is 0 Å². The third-order valence-electron chi connectivity index (χ3n) is 2.32. The van der Waals surface area contributed by atoms with E-state index in [2.05, 4.69) is 5.32 Å². The average molecular weight is 251 g/mol. The summed E-state index contributed by atoms with van der Waals surface area (Å²) in [6, 6.07) is -0.125. The molecule has 0 bridgehead atoms. The molecule has 16 heavy (non-hydrogen) atoms. The highest BCUT2D eigenvalue weighted by atomic mass is 32.2. The summed E-state index contributed by atoms with van der Waals surface area (Å²) in [6.07, 6.45) is 0.563. The first-order chi connectivity index (χ1) is 7.53. The first-order valence-corrected chi connectivity index (χ1v) is 6.94. The molecule has 7 heteroatoms. The van der Waals surface area contributed by atoms with Crippen molar-refractivity contribution in [3.8, 4) is 0 Å². The van der Waals surface area contributed by atoms with Gasteiger partial charge in [0.1, 0.15) is 6.61 Å². The number of hydrogen-bond donors (Lipinski definition) is 1. The summed E-state index contributed by atoms with van der Waals surface area (Å²) < 4.78 is 31.8. The van der Waals surface area contributed by atoms with Crippen LogP contribution in [-0.4, -0.2) is 58.8 Å². The predicted octanol–water partition coefficient (Wildman–Crippen LogP) is -1.05. The monoisotopic (exact) mass is 251 g/mol. The zero-order valence-electron chi connectivity index (χ0n) is 9.27. The van der Waals surface area contributed by atoms with Crippen molar-refractivity contribution in [2.45, 2.75) is 12.5 Å². The fourth-order valence-electron chi connectivity index (χ4n) is 1.47. The summed E-state index contributed by atoms with van der Waals surface area (Å²) in [5, 5.41) is 2.87. The van der Waals surface area contributed by atoms with Crippen LogP contribution < -0.4 is 5.32 Å². The summed E-state index contributed by atoms with van der Waals surface area (Å²) in [7, 11) is -1.38. The Morgan fingerprint density at radius 1 is 1.44 bits per heavy atom. The van der Waals surface area contributed by atoms with Crippen molar-refractivity contribution in [1.82, 2.24) is 5.32 Å². The fraction of sp³-hybridized carbons (Fsp3) is 0.889. The van der Waals surface area contributed by atoms with E-state index in [-0.39, 0.29) is 36.7 Å². The van der Waals surface area contributed by atoms with Crippen LogP contribution in [0.1, 0.15) is 6.42 Å². The molecule has 1 atom stereocenters. The molecular formula is C9H17NO5S. The van der Waals surface area contributed by atoms with Crippen LogP contribution in [0.15, 0.2) is 0 Å². The average Bonchev–Trinajstić information content (AvgIpc) is 2.56. The quantitative estimate of drug-likeness (QED) is 0.479. The highest BCUT2D eigenvalue weighted by Crippen LogP contribution is 2.10. The number of carbonyl (C=O) groups is 1. The maximum absolute atomic E-state index is 11.1. The molecule has 1 aliphatic rings. The lowest BCUT2D eigenvalue weighted by atomic mass is 10.3. The van der Waals surface area contributed by atoms with Gasteiger partial charge in [0.15, 0.2) is 9.84 Å². The topological polar surface area (TPSA) is 81.7 Å². The van der Waals surface area contributed by atoms with Gasteiger partial charge in [-0.2, -0.15) is 0 Å². The SMILES string of the molecule is COCCOC(=O)CNC1CCS(=O)(=O)C1. The molecule has 0 aromatic heterocycles. The Balaban J connectivity index is 2.13. The maximum atomic E-state index is 11.1. The molecular weight excluding hydrogens is 234 g/mol. The summed E-state index contributed by atoms with van der Waals surface area (Å²) in [4.78, 5) is 11.1. The second kappa shape index (κ2) is 6.17. The Bertz CT molecular complexity index is 327. The van der Waals surface area contributed by atoms with Gasteiger partial charge in [0.25, 0.3) is 0 Å². The number of esters is 1. The van der Waals surface area contributed by atoms with Gasteiger partial charge in [-0.05, 0) is 6.42 Å². The van der Waals surface area contributed by atoms with E-state index in [0.29, 0.717) is 13.0 Å². The Morgan fingerprint density at radius 3 is 2.75 bits per heavy atom. The number of hydrogen-bond acceptors (Lipinski definition) is 6. The Labute approximate surface area is 95.2 Å². The highest BCUT2D eigenvalue weighted by molar-refractivity contribution is 7.91. The van der Waals surface area contributed by atoms with E-state index in [0.717, 1.165) is 0 Å². The van der Waals surface area contributed by atoms with Crippen LogP contribution in [0, 0.1) is 0 Å². The molecule has 0 saturated carbocycles. The Hall–Kier alpha value is -0.660. The van der Waals surface area contributed by atoms with E-state index in [1.54, 1.807) is 0 Å². The van der Waals surface area contributed by atoms with Gasteiger partial charge in [-0.25, -0.2) is 8.42 Å². The van der Waals surface area contributed by atoms with E-state index in [1.807, 2.05) is 0 Å². The van der Waals surface area contributed by atoms with Gasteiger partial charge in [0, 0.05) is 13.2 Å². The third kappa shape index (κ3) is 4.91.